The molecule has 0 spiro atoms. The van der Waals surface area contributed by atoms with Crippen molar-refractivity contribution in [3.8, 4) is 0 Å². The molecular weight excluding hydrogens is 666 g/mol. The molecule has 1 aromatic heterocycles. The van der Waals surface area contributed by atoms with Crippen molar-refractivity contribution in [1.29, 1.82) is 0 Å². The molecule has 7 unspecified atom stereocenters. The van der Waals surface area contributed by atoms with Gasteiger partial charge in [-0.3, -0.25) is 9.78 Å². The van der Waals surface area contributed by atoms with E-state index < -0.39 is 51.5 Å². The normalized spacial score (nSPS) is 26.9. The number of carbonyl (C=O) groups excluding carboxylic acids is 2. The molecule has 2 aromatic rings. The van der Waals surface area contributed by atoms with E-state index in [1.807, 2.05) is 0 Å². The Labute approximate surface area is 276 Å². The minimum Gasteiger partial charge on any atom is -0.453 e. The summed E-state index contributed by atoms with van der Waals surface area (Å²) in [6.07, 6.45) is 0.798. The predicted molar refractivity (Wildman–Crippen MR) is 166 cm³/mol. The van der Waals surface area contributed by atoms with Crippen LogP contribution in [0.4, 0.5) is 22.4 Å². The van der Waals surface area contributed by atoms with Crippen LogP contribution in [0, 0.1) is 11.7 Å². The van der Waals surface area contributed by atoms with Crippen LogP contribution in [0.3, 0.4) is 0 Å². The lowest BCUT2D eigenvalue weighted by Crippen LogP contribution is -2.57. The van der Waals surface area contributed by atoms with Gasteiger partial charge in [-0.1, -0.05) is 24.1 Å². The van der Waals surface area contributed by atoms with Gasteiger partial charge in [-0.15, -0.1) is 0 Å². The Hall–Kier alpha value is -3.01. The third-order valence-corrected chi connectivity index (χ3v) is 11.7. The van der Waals surface area contributed by atoms with Gasteiger partial charge in [0.05, 0.1) is 23.4 Å². The fraction of sp³-hybridized carbons (Fsp3) is 0.581. The van der Waals surface area contributed by atoms with Crippen LogP contribution in [0.25, 0.3) is 0 Å². The number of benzene rings is 1. The number of hydrogen-bond donors (Lipinski definition) is 3. The smallest absolute Gasteiger partial charge is 0.417 e. The maximum atomic E-state index is 14.7. The van der Waals surface area contributed by atoms with Crippen LogP contribution in [0.2, 0.25) is 5.02 Å². The highest BCUT2D eigenvalue weighted by Crippen LogP contribution is 2.36. The number of nitrogens with one attached hydrogen (secondary N) is 3. The van der Waals surface area contributed by atoms with Crippen molar-refractivity contribution in [1.82, 2.24) is 25.2 Å². The van der Waals surface area contributed by atoms with Gasteiger partial charge in [-0.2, -0.15) is 17.5 Å². The van der Waals surface area contributed by atoms with Crippen LogP contribution in [-0.4, -0.2) is 79.8 Å². The topological polar surface area (TPSA) is 130 Å². The molecule has 3 N–H and O–H groups in total. The first kappa shape index (κ1) is 35.3. The zero-order chi connectivity index (χ0) is 33.9. The fourth-order valence-corrected chi connectivity index (χ4v) is 8.97. The third kappa shape index (κ3) is 8.35. The number of carbonyl (C=O) groups is 2. The summed E-state index contributed by atoms with van der Waals surface area (Å²) in [5, 5.41) is 8.66. The van der Waals surface area contributed by atoms with E-state index in [1.165, 1.54) is 12.1 Å². The summed E-state index contributed by atoms with van der Waals surface area (Å²) in [6, 6.07) is 2.44. The van der Waals surface area contributed by atoms with Crippen LogP contribution in [0.15, 0.2) is 36.7 Å². The number of nitrogens with zero attached hydrogens (tertiary/aromatic N) is 2. The molecule has 1 aromatic carbocycles. The summed E-state index contributed by atoms with van der Waals surface area (Å²) in [4.78, 5) is 30.3. The number of piperazine rings is 1. The highest BCUT2D eigenvalue weighted by atomic mass is 35.5. The molecule has 3 aliphatic rings. The van der Waals surface area contributed by atoms with Gasteiger partial charge in [0.15, 0.2) is 0 Å². The van der Waals surface area contributed by atoms with E-state index in [4.69, 9.17) is 16.3 Å². The monoisotopic (exact) mass is 703 g/mol. The molecule has 2 bridgehead atoms. The number of fused-ring (bicyclic) bond motifs is 2. The Morgan fingerprint density at radius 1 is 1.13 bits per heavy atom. The molecule has 1 saturated carbocycles. The number of amides is 2. The number of methoxy groups -OCH3 is 1. The molecule has 258 valence electrons. The second-order valence-corrected chi connectivity index (χ2v) is 14.9. The van der Waals surface area contributed by atoms with E-state index in [9.17, 15) is 35.6 Å². The SMILES string of the molecule is COC(=O)NC(C(=O)NC1CCCC1CCC1CNC2CCCS(=O)(=O)N1C2)C(c1cncc(C(F)(F)F)c1)c1ccc(Cl)c(F)c1. The van der Waals surface area contributed by atoms with Crippen molar-refractivity contribution in [2.45, 2.75) is 81.2 Å². The molecule has 5 rings (SSSR count). The first-order valence-electron chi connectivity index (χ1n) is 15.6. The quantitative estimate of drug-likeness (QED) is 0.326. The number of halogens is 5. The molecular formula is C31H38ClF4N5O5S. The van der Waals surface area contributed by atoms with Crippen molar-refractivity contribution in [3.63, 3.8) is 0 Å². The lowest BCUT2D eigenvalue weighted by Gasteiger charge is -2.38. The number of hydrogen-bond acceptors (Lipinski definition) is 7. The van der Waals surface area contributed by atoms with Crippen LogP contribution in [-0.2, 0) is 25.7 Å². The minimum atomic E-state index is -4.76. The first-order valence-corrected chi connectivity index (χ1v) is 17.6. The largest absolute Gasteiger partial charge is 0.453 e. The standard InChI is InChI=1S/C31H38ClF4N5O5S/c1-46-30(43)40-28(27(19-8-10-24(32)25(33)13-19)20-12-21(15-37-14-20)31(34,35)36)29(42)39-26-6-2-4-18(26)7-9-23-16-38-22-5-3-11-47(44,45)41(23)17-22/h8,10,12-15,18,22-23,26-28,38H,2-7,9,11,16-17H2,1H3,(H,39,42)(H,40,43). The number of aromatic nitrogens is 1. The lowest BCUT2D eigenvalue weighted by molar-refractivity contribution is -0.137. The number of pyridine rings is 1. The van der Waals surface area contributed by atoms with Gasteiger partial charge >= 0.3 is 12.3 Å². The first-order chi connectivity index (χ1) is 22.3. The van der Waals surface area contributed by atoms with Crippen LogP contribution in [0.1, 0.15) is 67.6 Å². The summed E-state index contributed by atoms with van der Waals surface area (Å²) < 4.78 is 88.0. The highest BCUT2D eigenvalue weighted by Gasteiger charge is 2.41. The summed E-state index contributed by atoms with van der Waals surface area (Å²) in [5.41, 5.74) is -1.10. The summed E-state index contributed by atoms with van der Waals surface area (Å²) in [7, 11) is -2.29. The highest BCUT2D eigenvalue weighted by molar-refractivity contribution is 7.89. The van der Waals surface area contributed by atoms with Crippen LogP contribution >= 0.6 is 11.6 Å². The molecule has 2 saturated heterocycles. The molecule has 2 amide bonds. The Kier molecular flexibility index (Phi) is 11.0. The average Bonchev–Trinajstić information content (AvgIpc) is 3.43. The molecule has 3 heterocycles. The number of alkyl carbamates (subject to hydrolysis) is 1. The maximum absolute atomic E-state index is 14.7. The molecule has 7 atom stereocenters. The van der Waals surface area contributed by atoms with Crippen molar-refractivity contribution < 1.29 is 40.3 Å². The van der Waals surface area contributed by atoms with Gasteiger partial charge in [-0.05, 0) is 73.8 Å². The molecule has 2 aliphatic heterocycles. The summed E-state index contributed by atoms with van der Waals surface area (Å²) in [5.74, 6) is -2.77. The van der Waals surface area contributed by atoms with E-state index >= 15 is 0 Å². The van der Waals surface area contributed by atoms with Gasteiger partial charge in [0.25, 0.3) is 0 Å². The fourth-order valence-electron chi connectivity index (χ4n) is 7.05. The Morgan fingerprint density at radius 3 is 2.64 bits per heavy atom. The average molecular weight is 704 g/mol. The van der Waals surface area contributed by atoms with Crippen molar-refractivity contribution >= 4 is 33.6 Å². The van der Waals surface area contributed by atoms with Gasteiger partial charge in [-0.25, -0.2) is 17.6 Å². The Morgan fingerprint density at radius 2 is 1.91 bits per heavy atom. The minimum absolute atomic E-state index is 0.00761. The molecule has 0 radical (unpaired) electrons. The second-order valence-electron chi connectivity index (χ2n) is 12.4. The van der Waals surface area contributed by atoms with Crippen molar-refractivity contribution in [2.75, 3.05) is 26.0 Å². The van der Waals surface area contributed by atoms with Gasteiger partial charge < -0.3 is 20.7 Å². The van der Waals surface area contributed by atoms with Crippen molar-refractivity contribution in [3.05, 3.63) is 64.2 Å². The van der Waals surface area contributed by atoms with E-state index in [1.54, 1.807) is 4.31 Å². The molecule has 10 nitrogen and oxygen atoms in total. The van der Waals surface area contributed by atoms with Gasteiger partial charge in [0, 0.05) is 49.5 Å². The zero-order valence-electron chi connectivity index (χ0n) is 25.7. The number of ether oxygens (including phenoxy) is 1. The summed E-state index contributed by atoms with van der Waals surface area (Å²) in [6.45, 7) is 0.985. The van der Waals surface area contributed by atoms with Gasteiger partial charge in [0.2, 0.25) is 15.9 Å². The predicted octanol–water partition coefficient (Wildman–Crippen LogP) is 4.58. The Bertz CT molecular complexity index is 1560. The van der Waals surface area contributed by atoms with E-state index in [2.05, 4.69) is 20.9 Å². The number of rotatable bonds is 9. The maximum Gasteiger partial charge on any atom is 0.417 e. The zero-order valence-corrected chi connectivity index (χ0v) is 27.3. The van der Waals surface area contributed by atoms with E-state index in [0.29, 0.717) is 45.0 Å². The van der Waals surface area contributed by atoms with E-state index in [0.717, 1.165) is 44.7 Å². The summed E-state index contributed by atoms with van der Waals surface area (Å²) >= 11 is 5.89. The number of sulfonamides is 1. The second kappa shape index (κ2) is 14.6. The molecule has 1 aliphatic carbocycles. The lowest BCUT2D eigenvalue weighted by atomic mass is 9.84. The van der Waals surface area contributed by atoms with Crippen LogP contribution < -0.4 is 16.0 Å². The van der Waals surface area contributed by atoms with E-state index in [-0.39, 0.29) is 45.9 Å². The third-order valence-electron chi connectivity index (χ3n) is 9.44. The van der Waals surface area contributed by atoms with Crippen molar-refractivity contribution in [2.24, 2.45) is 5.92 Å². The molecule has 47 heavy (non-hydrogen) atoms. The Balaban J connectivity index is 1.40. The van der Waals surface area contributed by atoms with Gasteiger partial charge in [0.1, 0.15) is 11.9 Å². The molecule has 16 heteroatoms. The number of alkyl halides is 3. The molecule has 3 fully saturated rings. The van der Waals surface area contributed by atoms with Crippen LogP contribution in [0.5, 0.6) is 0 Å².